The van der Waals surface area contributed by atoms with E-state index in [1.807, 2.05) is 7.05 Å². The third-order valence-corrected chi connectivity index (χ3v) is 7.59. The Kier molecular flexibility index (Phi) is 6.42. The molecule has 0 radical (unpaired) electrons. The minimum absolute atomic E-state index is 0.0498. The summed E-state index contributed by atoms with van der Waals surface area (Å²) in [5, 5.41) is 10.8. The Morgan fingerprint density at radius 1 is 1.18 bits per heavy atom. The normalized spacial score (nSPS) is 29.3. The number of hydrogen-bond donors (Lipinski definition) is 3. The first-order valence-electron chi connectivity index (χ1n) is 10.8. The van der Waals surface area contributed by atoms with Gasteiger partial charge in [0.2, 0.25) is 16.0 Å². The molecule has 180 valence electrons. The third-order valence-electron chi connectivity index (χ3n) is 5.84. The van der Waals surface area contributed by atoms with E-state index in [-0.39, 0.29) is 30.6 Å². The fourth-order valence-electron chi connectivity index (χ4n) is 4.34. The van der Waals surface area contributed by atoms with Crippen molar-refractivity contribution in [3.05, 3.63) is 23.6 Å². The topological polar surface area (TPSA) is 142 Å². The fourth-order valence-corrected chi connectivity index (χ4v) is 6.00. The maximum atomic E-state index is 12.6. The van der Waals surface area contributed by atoms with Crippen LogP contribution >= 0.6 is 11.6 Å². The molecule has 0 aliphatic carbocycles. The lowest BCUT2D eigenvalue weighted by molar-refractivity contribution is 0.0690. The van der Waals surface area contributed by atoms with Crippen LogP contribution in [0, 0.1) is 0 Å². The maximum absolute atomic E-state index is 12.6. The van der Waals surface area contributed by atoms with Crippen molar-refractivity contribution in [1.29, 1.82) is 0 Å². The molecule has 0 aromatic carbocycles. The highest BCUT2D eigenvalue weighted by atomic mass is 35.5. The number of hydrogen-bond acceptors (Lipinski definition) is 10. The Balaban J connectivity index is 1.21. The number of anilines is 3. The number of ether oxygens (including phenoxy) is 3. The van der Waals surface area contributed by atoms with E-state index in [9.17, 15) is 8.42 Å². The molecule has 12 nitrogen and oxygen atoms in total. The van der Waals surface area contributed by atoms with Crippen LogP contribution in [0.25, 0.3) is 0 Å². The number of aromatic nitrogens is 4. The number of aryl methyl sites for hydroxylation is 1. The summed E-state index contributed by atoms with van der Waals surface area (Å²) in [4.78, 5) is 8.65. The Labute approximate surface area is 196 Å². The Morgan fingerprint density at radius 2 is 1.97 bits per heavy atom. The quantitative estimate of drug-likeness (QED) is 0.474. The van der Waals surface area contributed by atoms with Gasteiger partial charge in [-0.25, -0.2) is 18.1 Å². The minimum Gasteiger partial charge on any atom is -0.377 e. The molecule has 5 unspecified atom stereocenters. The summed E-state index contributed by atoms with van der Waals surface area (Å²) in [6.45, 7) is 1.16. The first-order valence-corrected chi connectivity index (χ1v) is 12.8. The number of nitrogens with one attached hydrogen (secondary N) is 3. The van der Waals surface area contributed by atoms with E-state index in [2.05, 4.69) is 30.4 Å². The fraction of sp³-hybridized carbons (Fsp3) is 0.632. The number of fused-ring (bicyclic) bond motifs is 1. The van der Waals surface area contributed by atoms with Gasteiger partial charge in [-0.05, 0) is 12.8 Å². The summed E-state index contributed by atoms with van der Waals surface area (Å²) < 4.78 is 46.8. The average Bonchev–Trinajstić information content (AvgIpc) is 3.54. The molecule has 5 rings (SSSR count). The van der Waals surface area contributed by atoms with Gasteiger partial charge in [-0.2, -0.15) is 10.1 Å². The van der Waals surface area contributed by atoms with E-state index in [0.717, 1.165) is 18.5 Å². The van der Waals surface area contributed by atoms with Gasteiger partial charge in [0.15, 0.2) is 5.82 Å². The van der Waals surface area contributed by atoms with Crippen LogP contribution in [0.2, 0.25) is 5.02 Å². The van der Waals surface area contributed by atoms with Crippen molar-refractivity contribution in [2.45, 2.75) is 43.2 Å². The zero-order chi connectivity index (χ0) is 23.0. The van der Waals surface area contributed by atoms with Crippen molar-refractivity contribution < 1.29 is 22.6 Å². The van der Waals surface area contributed by atoms with Gasteiger partial charge in [-0.3, -0.25) is 4.68 Å². The van der Waals surface area contributed by atoms with Crippen molar-refractivity contribution in [3.8, 4) is 0 Å². The summed E-state index contributed by atoms with van der Waals surface area (Å²) in [6.07, 6.45) is 5.60. The highest BCUT2D eigenvalue weighted by Gasteiger charge is 2.49. The molecular weight excluding hydrogens is 474 g/mol. The molecule has 3 aliphatic rings. The molecule has 0 saturated carbocycles. The molecule has 3 fully saturated rings. The van der Waals surface area contributed by atoms with Crippen molar-refractivity contribution in [2.24, 2.45) is 7.05 Å². The van der Waals surface area contributed by atoms with E-state index in [1.54, 1.807) is 17.1 Å². The highest BCUT2D eigenvalue weighted by molar-refractivity contribution is 7.89. The zero-order valence-electron chi connectivity index (χ0n) is 18.0. The van der Waals surface area contributed by atoms with Crippen LogP contribution in [-0.2, 0) is 31.3 Å². The van der Waals surface area contributed by atoms with E-state index in [0.29, 0.717) is 30.0 Å². The van der Waals surface area contributed by atoms with Crippen LogP contribution in [0.15, 0.2) is 18.6 Å². The second kappa shape index (κ2) is 9.31. The monoisotopic (exact) mass is 499 g/mol. The Hall–Kier alpha value is -2.03. The molecule has 14 heteroatoms. The standard InChI is InChI=1S/C19H26ClN7O5S/c1-27-7-11(5-22-27)23-19-21-6-13(20)18(25-19)24-14-8-31-17-15(9-32-16(14)17)26-33(28,29)10-12-3-2-4-30-12/h5-7,12,14-17,26H,2-4,8-10H2,1H3,(H2,21,23,24,25). The molecule has 2 aromatic heterocycles. The second-order valence-electron chi connectivity index (χ2n) is 8.41. The van der Waals surface area contributed by atoms with Crippen molar-refractivity contribution in [1.82, 2.24) is 24.5 Å². The van der Waals surface area contributed by atoms with Gasteiger partial charge in [0.1, 0.15) is 17.2 Å². The molecule has 3 saturated heterocycles. The predicted octanol–water partition coefficient (Wildman–Crippen LogP) is 0.652. The van der Waals surface area contributed by atoms with Crippen molar-refractivity contribution in [3.63, 3.8) is 0 Å². The predicted molar refractivity (Wildman–Crippen MR) is 120 cm³/mol. The summed E-state index contributed by atoms with van der Waals surface area (Å²) in [5.41, 5.74) is 0.743. The lowest BCUT2D eigenvalue weighted by atomic mass is 10.1. The summed E-state index contributed by atoms with van der Waals surface area (Å²) in [5.74, 6) is 0.738. The van der Waals surface area contributed by atoms with E-state index >= 15 is 0 Å². The molecular formula is C19H26ClN7O5S. The lowest BCUT2D eigenvalue weighted by Gasteiger charge is -2.20. The first-order chi connectivity index (χ1) is 15.9. The second-order valence-corrected chi connectivity index (χ2v) is 10.6. The maximum Gasteiger partial charge on any atom is 0.229 e. The van der Waals surface area contributed by atoms with Gasteiger partial charge in [0, 0.05) is 19.9 Å². The summed E-state index contributed by atoms with van der Waals surface area (Å²) in [6, 6.07) is -0.710. The van der Waals surface area contributed by atoms with Gasteiger partial charge < -0.3 is 24.8 Å². The molecule has 0 amide bonds. The summed E-state index contributed by atoms with van der Waals surface area (Å²) in [7, 11) is -1.70. The molecule has 5 heterocycles. The smallest absolute Gasteiger partial charge is 0.229 e. The largest absolute Gasteiger partial charge is 0.377 e. The third kappa shape index (κ3) is 5.23. The highest BCUT2D eigenvalue weighted by Crippen LogP contribution is 2.31. The number of rotatable bonds is 8. The molecule has 3 N–H and O–H groups in total. The van der Waals surface area contributed by atoms with E-state index in [4.69, 9.17) is 25.8 Å². The lowest BCUT2D eigenvalue weighted by Crippen LogP contribution is -2.46. The molecule has 5 atom stereocenters. The van der Waals surface area contributed by atoms with Crippen LogP contribution in [0.3, 0.4) is 0 Å². The van der Waals surface area contributed by atoms with E-state index in [1.165, 1.54) is 6.20 Å². The van der Waals surface area contributed by atoms with Crippen molar-refractivity contribution in [2.75, 3.05) is 36.2 Å². The molecule has 0 bridgehead atoms. The van der Waals surface area contributed by atoms with Crippen LogP contribution in [0.4, 0.5) is 17.5 Å². The number of halogens is 1. The van der Waals surface area contributed by atoms with Gasteiger partial charge in [-0.15, -0.1) is 0 Å². The number of sulfonamides is 1. The van der Waals surface area contributed by atoms with Crippen LogP contribution in [-0.4, -0.2) is 84.1 Å². The first kappa shape index (κ1) is 22.7. The average molecular weight is 500 g/mol. The van der Waals surface area contributed by atoms with Crippen LogP contribution in [0.1, 0.15) is 12.8 Å². The van der Waals surface area contributed by atoms with Gasteiger partial charge >= 0.3 is 0 Å². The number of nitrogens with zero attached hydrogens (tertiary/aromatic N) is 4. The van der Waals surface area contributed by atoms with E-state index < -0.39 is 22.2 Å². The zero-order valence-corrected chi connectivity index (χ0v) is 19.6. The Morgan fingerprint density at radius 3 is 2.70 bits per heavy atom. The Bertz CT molecular complexity index is 1090. The molecule has 2 aromatic rings. The van der Waals surface area contributed by atoms with Gasteiger partial charge in [0.25, 0.3) is 0 Å². The molecule has 3 aliphatic heterocycles. The van der Waals surface area contributed by atoms with Crippen LogP contribution in [0.5, 0.6) is 0 Å². The summed E-state index contributed by atoms with van der Waals surface area (Å²) >= 11 is 6.30. The van der Waals surface area contributed by atoms with Crippen molar-refractivity contribution >= 4 is 39.1 Å². The SMILES string of the molecule is Cn1cc(Nc2ncc(Cl)c(NC3COC4C(NS(=O)(=O)CC5CCCO5)COC34)n2)cn1. The molecule has 33 heavy (non-hydrogen) atoms. The molecule has 0 spiro atoms. The van der Waals surface area contributed by atoms with Gasteiger partial charge in [-0.1, -0.05) is 11.6 Å². The van der Waals surface area contributed by atoms with Crippen LogP contribution < -0.4 is 15.4 Å². The van der Waals surface area contributed by atoms with Gasteiger partial charge in [0.05, 0.1) is 55.2 Å². The minimum atomic E-state index is -3.52.